The highest BCUT2D eigenvalue weighted by molar-refractivity contribution is 5.95. The maximum atomic E-state index is 11.9. The Bertz CT molecular complexity index is 414. The number of benzene rings is 1. The van der Waals surface area contributed by atoms with Gasteiger partial charge < -0.3 is 15.5 Å². The van der Waals surface area contributed by atoms with Crippen molar-refractivity contribution in [1.29, 1.82) is 0 Å². The van der Waals surface area contributed by atoms with Crippen molar-refractivity contribution in [2.45, 2.75) is 26.2 Å². The zero-order valence-corrected chi connectivity index (χ0v) is 11.6. The number of anilines is 2. The SMILES string of the molecule is CCCNCC(=O)Nc1ccccc1N1CCCC1. The fourth-order valence-corrected chi connectivity index (χ4v) is 2.39. The summed E-state index contributed by atoms with van der Waals surface area (Å²) in [5, 5.41) is 6.12. The van der Waals surface area contributed by atoms with Gasteiger partial charge in [0.25, 0.3) is 0 Å². The lowest BCUT2D eigenvalue weighted by Crippen LogP contribution is -2.29. The van der Waals surface area contributed by atoms with Crippen molar-refractivity contribution in [3.63, 3.8) is 0 Å². The lowest BCUT2D eigenvalue weighted by Gasteiger charge is -2.21. The van der Waals surface area contributed by atoms with Gasteiger partial charge in [0.05, 0.1) is 17.9 Å². The maximum Gasteiger partial charge on any atom is 0.238 e. The summed E-state index contributed by atoms with van der Waals surface area (Å²) in [6, 6.07) is 8.05. The summed E-state index contributed by atoms with van der Waals surface area (Å²) in [7, 11) is 0. The second kappa shape index (κ2) is 7.14. The molecule has 0 saturated carbocycles. The predicted octanol–water partition coefficient (Wildman–Crippen LogP) is 2.22. The van der Waals surface area contributed by atoms with E-state index in [-0.39, 0.29) is 5.91 Å². The van der Waals surface area contributed by atoms with Gasteiger partial charge in [-0.3, -0.25) is 4.79 Å². The fourth-order valence-electron chi connectivity index (χ4n) is 2.39. The van der Waals surface area contributed by atoms with E-state index in [0.717, 1.165) is 37.4 Å². The molecule has 1 aromatic carbocycles. The van der Waals surface area contributed by atoms with E-state index < -0.39 is 0 Å². The van der Waals surface area contributed by atoms with Crippen molar-refractivity contribution in [2.24, 2.45) is 0 Å². The summed E-state index contributed by atoms with van der Waals surface area (Å²) in [4.78, 5) is 14.2. The lowest BCUT2D eigenvalue weighted by molar-refractivity contribution is -0.115. The number of hydrogen-bond acceptors (Lipinski definition) is 3. The van der Waals surface area contributed by atoms with Crippen molar-refractivity contribution in [2.75, 3.05) is 36.4 Å². The second-order valence-electron chi connectivity index (χ2n) is 4.94. The van der Waals surface area contributed by atoms with E-state index in [2.05, 4.69) is 28.5 Å². The molecule has 1 heterocycles. The van der Waals surface area contributed by atoms with Crippen LogP contribution in [0.25, 0.3) is 0 Å². The van der Waals surface area contributed by atoms with Gasteiger partial charge >= 0.3 is 0 Å². The third kappa shape index (κ3) is 3.96. The van der Waals surface area contributed by atoms with Crippen LogP contribution in [0.2, 0.25) is 0 Å². The van der Waals surface area contributed by atoms with Crippen molar-refractivity contribution < 1.29 is 4.79 Å². The molecule has 0 bridgehead atoms. The summed E-state index contributed by atoms with van der Waals surface area (Å²) >= 11 is 0. The van der Waals surface area contributed by atoms with Crippen LogP contribution in [0.4, 0.5) is 11.4 Å². The third-order valence-corrected chi connectivity index (χ3v) is 3.34. The lowest BCUT2D eigenvalue weighted by atomic mass is 10.2. The smallest absolute Gasteiger partial charge is 0.238 e. The quantitative estimate of drug-likeness (QED) is 0.772. The molecule has 1 fully saturated rings. The molecule has 0 atom stereocenters. The van der Waals surface area contributed by atoms with E-state index in [4.69, 9.17) is 0 Å². The average Bonchev–Trinajstić information content (AvgIpc) is 2.93. The second-order valence-corrected chi connectivity index (χ2v) is 4.94. The number of amides is 1. The Kier molecular flexibility index (Phi) is 5.21. The molecule has 2 N–H and O–H groups in total. The minimum Gasteiger partial charge on any atom is -0.370 e. The third-order valence-electron chi connectivity index (χ3n) is 3.34. The summed E-state index contributed by atoms with van der Waals surface area (Å²) in [5.74, 6) is 0.0279. The Morgan fingerprint density at radius 2 is 2.00 bits per heavy atom. The Hall–Kier alpha value is -1.55. The molecule has 0 spiro atoms. The predicted molar refractivity (Wildman–Crippen MR) is 79.7 cm³/mol. The van der Waals surface area contributed by atoms with Crippen LogP contribution in [0.1, 0.15) is 26.2 Å². The Balaban J connectivity index is 1.97. The van der Waals surface area contributed by atoms with E-state index in [1.54, 1.807) is 0 Å². The molecule has 4 heteroatoms. The van der Waals surface area contributed by atoms with Gasteiger partial charge in [-0.2, -0.15) is 0 Å². The van der Waals surface area contributed by atoms with Crippen LogP contribution in [0.5, 0.6) is 0 Å². The van der Waals surface area contributed by atoms with E-state index in [1.165, 1.54) is 12.8 Å². The number of carbonyl (C=O) groups excluding carboxylic acids is 1. The molecule has 0 aromatic heterocycles. The zero-order valence-electron chi connectivity index (χ0n) is 11.6. The van der Waals surface area contributed by atoms with Gasteiger partial charge in [-0.15, -0.1) is 0 Å². The van der Waals surface area contributed by atoms with Crippen LogP contribution < -0.4 is 15.5 Å². The monoisotopic (exact) mass is 261 g/mol. The summed E-state index contributed by atoms with van der Waals surface area (Å²) < 4.78 is 0. The average molecular weight is 261 g/mol. The number of nitrogens with zero attached hydrogens (tertiary/aromatic N) is 1. The molecule has 104 valence electrons. The van der Waals surface area contributed by atoms with Crippen LogP contribution in [0.15, 0.2) is 24.3 Å². The Morgan fingerprint density at radius 1 is 1.26 bits per heavy atom. The number of hydrogen-bond donors (Lipinski definition) is 2. The van der Waals surface area contributed by atoms with Crippen LogP contribution in [-0.4, -0.2) is 32.1 Å². The van der Waals surface area contributed by atoms with Gasteiger partial charge in [-0.25, -0.2) is 0 Å². The molecule has 0 radical (unpaired) electrons. The van der Waals surface area contributed by atoms with E-state index in [9.17, 15) is 4.79 Å². The number of carbonyl (C=O) groups is 1. The molecule has 0 unspecified atom stereocenters. The number of para-hydroxylation sites is 2. The maximum absolute atomic E-state index is 11.9. The Labute approximate surface area is 115 Å². The van der Waals surface area contributed by atoms with Crippen LogP contribution in [0.3, 0.4) is 0 Å². The highest BCUT2D eigenvalue weighted by Crippen LogP contribution is 2.28. The molecular weight excluding hydrogens is 238 g/mol. The first kappa shape index (κ1) is 13.9. The number of nitrogens with one attached hydrogen (secondary N) is 2. The van der Waals surface area contributed by atoms with Crippen molar-refractivity contribution >= 4 is 17.3 Å². The van der Waals surface area contributed by atoms with Crippen LogP contribution >= 0.6 is 0 Å². The molecule has 2 rings (SSSR count). The molecule has 1 amide bonds. The van der Waals surface area contributed by atoms with Crippen LogP contribution in [0, 0.1) is 0 Å². The molecule has 19 heavy (non-hydrogen) atoms. The number of rotatable bonds is 6. The van der Waals surface area contributed by atoms with Crippen molar-refractivity contribution in [1.82, 2.24) is 5.32 Å². The topological polar surface area (TPSA) is 44.4 Å². The van der Waals surface area contributed by atoms with Gasteiger partial charge in [0.1, 0.15) is 0 Å². The van der Waals surface area contributed by atoms with Crippen LogP contribution in [-0.2, 0) is 4.79 Å². The molecule has 1 aliphatic heterocycles. The molecule has 1 aliphatic rings. The normalized spacial score (nSPS) is 14.7. The van der Waals surface area contributed by atoms with Crippen molar-refractivity contribution in [3.8, 4) is 0 Å². The highest BCUT2D eigenvalue weighted by atomic mass is 16.1. The van der Waals surface area contributed by atoms with Gasteiger partial charge in [0, 0.05) is 13.1 Å². The van der Waals surface area contributed by atoms with Gasteiger partial charge in [0.15, 0.2) is 0 Å². The first-order valence-electron chi connectivity index (χ1n) is 7.16. The zero-order chi connectivity index (χ0) is 13.5. The van der Waals surface area contributed by atoms with Gasteiger partial charge in [-0.05, 0) is 37.9 Å². The largest absolute Gasteiger partial charge is 0.370 e. The minimum atomic E-state index is 0.0279. The summed E-state index contributed by atoms with van der Waals surface area (Å²) in [6.45, 7) is 5.51. The van der Waals surface area contributed by atoms with Gasteiger partial charge in [-0.1, -0.05) is 19.1 Å². The summed E-state index contributed by atoms with van der Waals surface area (Å²) in [5.41, 5.74) is 2.07. The molecule has 1 saturated heterocycles. The first-order chi connectivity index (χ1) is 9.31. The molecule has 1 aromatic rings. The standard InChI is InChI=1S/C15H23N3O/c1-2-9-16-12-15(19)17-13-7-3-4-8-14(13)18-10-5-6-11-18/h3-4,7-8,16H,2,5-6,9-12H2,1H3,(H,17,19). The first-order valence-corrected chi connectivity index (χ1v) is 7.16. The van der Waals surface area contributed by atoms with Gasteiger partial charge in [0.2, 0.25) is 5.91 Å². The molecule has 0 aliphatic carbocycles. The minimum absolute atomic E-state index is 0.0279. The Morgan fingerprint density at radius 3 is 2.74 bits per heavy atom. The van der Waals surface area contributed by atoms with Crippen molar-refractivity contribution in [3.05, 3.63) is 24.3 Å². The van der Waals surface area contributed by atoms with E-state index in [1.807, 2.05) is 18.2 Å². The molecular formula is C15H23N3O. The molecule has 4 nitrogen and oxygen atoms in total. The van der Waals surface area contributed by atoms with E-state index >= 15 is 0 Å². The van der Waals surface area contributed by atoms with E-state index in [0.29, 0.717) is 6.54 Å². The fraction of sp³-hybridized carbons (Fsp3) is 0.533. The summed E-state index contributed by atoms with van der Waals surface area (Å²) in [6.07, 6.45) is 3.51. The highest BCUT2D eigenvalue weighted by Gasteiger charge is 2.16.